The number of amides is 2. The van der Waals surface area contributed by atoms with Gasteiger partial charge in [0.1, 0.15) is 0 Å². The van der Waals surface area contributed by atoms with Crippen LogP contribution in [0.2, 0.25) is 0 Å². The lowest BCUT2D eigenvalue weighted by Crippen LogP contribution is -2.43. The molecule has 3 aliphatic rings. The van der Waals surface area contributed by atoms with Gasteiger partial charge in [-0.1, -0.05) is 24.3 Å². The quantitative estimate of drug-likeness (QED) is 0.859. The maximum absolute atomic E-state index is 12.7. The van der Waals surface area contributed by atoms with Crippen LogP contribution < -0.4 is 5.32 Å². The predicted molar refractivity (Wildman–Crippen MR) is 104 cm³/mol. The molecule has 2 bridgehead atoms. The molecule has 0 unspecified atom stereocenters. The summed E-state index contributed by atoms with van der Waals surface area (Å²) in [6.07, 6.45) is 2.78. The topological polar surface area (TPSA) is 54.5 Å². The van der Waals surface area contributed by atoms with E-state index in [1.54, 1.807) is 11.3 Å². The number of nitrogens with one attached hydrogen (secondary N) is 1. The number of urea groups is 1. The summed E-state index contributed by atoms with van der Waals surface area (Å²) < 4.78 is 5.85. The van der Waals surface area contributed by atoms with E-state index in [-0.39, 0.29) is 11.6 Å². The number of ether oxygens (including phenoxy) is 1. The van der Waals surface area contributed by atoms with Gasteiger partial charge in [0.2, 0.25) is 0 Å². The number of hydrogen-bond donors (Lipinski definition) is 1. The Balaban J connectivity index is 1.42. The Hall–Kier alpha value is -1.92. The van der Waals surface area contributed by atoms with Crippen LogP contribution >= 0.6 is 11.3 Å². The molecule has 2 aromatic rings. The maximum Gasteiger partial charge on any atom is 0.323 e. The molecule has 5 nitrogen and oxygen atoms in total. The number of anilines is 1. The number of aryl methyl sites for hydroxylation is 2. The van der Waals surface area contributed by atoms with Crippen LogP contribution in [0.1, 0.15) is 41.5 Å². The third kappa shape index (κ3) is 3.12. The van der Waals surface area contributed by atoms with E-state index in [9.17, 15) is 4.79 Å². The van der Waals surface area contributed by atoms with Gasteiger partial charge in [0.05, 0.1) is 17.8 Å². The van der Waals surface area contributed by atoms with Gasteiger partial charge in [-0.3, -0.25) is 5.32 Å². The minimum Gasteiger partial charge on any atom is -0.373 e. The first-order valence-electron chi connectivity index (χ1n) is 9.22. The zero-order valence-electron chi connectivity index (χ0n) is 15.5. The molecule has 26 heavy (non-hydrogen) atoms. The summed E-state index contributed by atoms with van der Waals surface area (Å²) in [6, 6.07) is 8.66. The van der Waals surface area contributed by atoms with Gasteiger partial charge >= 0.3 is 6.03 Å². The van der Waals surface area contributed by atoms with E-state index >= 15 is 0 Å². The van der Waals surface area contributed by atoms with Crippen molar-refractivity contribution in [3.63, 3.8) is 0 Å². The molecule has 2 saturated heterocycles. The molecule has 1 aromatic heterocycles. The van der Waals surface area contributed by atoms with Gasteiger partial charge in [-0.05, 0) is 44.7 Å². The Morgan fingerprint density at radius 1 is 1.38 bits per heavy atom. The number of carbonyl (C=O) groups excluding carboxylic acids is 1. The van der Waals surface area contributed by atoms with E-state index < -0.39 is 0 Å². The van der Waals surface area contributed by atoms with E-state index in [1.807, 2.05) is 18.7 Å². The number of hydrogen-bond acceptors (Lipinski definition) is 4. The van der Waals surface area contributed by atoms with Gasteiger partial charge in [-0.2, -0.15) is 0 Å². The predicted octanol–water partition coefficient (Wildman–Crippen LogP) is 4.14. The molecule has 138 valence electrons. The highest BCUT2D eigenvalue weighted by Gasteiger charge is 2.57. The maximum atomic E-state index is 12.7. The lowest BCUT2D eigenvalue weighted by atomic mass is 9.81. The summed E-state index contributed by atoms with van der Waals surface area (Å²) in [4.78, 5) is 20.3. The van der Waals surface area contributed by atoms with Crippen LogP contribution in [0.25, 0.3) is 0 Å². The van der Waals surface area contributed by atoms with Gasteiger partial charge in [-0.25, -0.2) is 9.78 Å². The first-order valence-corrected chi connectivity index (χ1v) is 10.0. The lowest BCUT2D eigenvalue weighted by Gasteiger charge is -2.36. The SMILES string of the molecule is CCOC12CC(C1)N(C(=O)Nc1nc(C)c(Cc3ccccc3C)s1)C2. The Morgan fingerprint density at radius 2 is 2.15 bits per heavy atom. The number of benzene rings is 1. The largest absolute Gasteiger partial charge is 0.373 e. The van der Waals surface area contributed by atoms with Gasteiger partial charge in [-0.15, -0.1) is 11.3 Å². The van der Waals surface area contributed by atoms with E-state index in [0.717, 1.165) is 25.0 Å². The zero-order chi connectivity index (χ0) is 18.3. The third-order valence-corrected chi connectivity index (χ3v) is 6.62. The minimum absolute atomic E-state index is 0.0507. The summed E-state index contributed by atoms with van der Waals surface area (Å²) in [7, 11) is 0. The van der Waals surface area contributed by atoms with Crippen LogP contribution in [0.15, 0.2) is 24.3 Å². The van der Waals surface area contributed by atoms with Gasteiger partial charge < -0.3 is 9.64 Å². The van der Waals surface area contributed by atoms with E-state index in [2.05, 4.69) is 41.5 Å². The van der Waals surface area contributed by atoms with Crippen LogP contribution in [0.4, 0.5) is 9.93 Å². The lowest BCUT2D eigenvalue weighted by molar-refractivity contribution is -0.0623. The molecule has 3 fully saturated rings. The highest BCUT2D eigenvalue weighted by Crippen LogP contribution is 2.47. The number of fused-ring (bicyclic) bond motifs is 1. The first-order chi connectivity index (χ1) is 12.5. The van der Waals surface area contributed by atoms with Crippen LogP contribution in [0.5, 0.6) is 0 Å². The second-order valence-corrected chi connectivity index (χ2v) is 8.45. The molecule has 6 heteroatoms. The molecule has 2 amide bonds. The number of nitrogens with zero attached hydrogens (tertiary/aromatic N) is 2. The fraction of sp³-hybridized carbons (Fsp3) is 0.500. The third-order valence-electron chi connectivity index (χ3n) is 5.54. The zero-order valence-corrected chi connectivity index (χ0v) is 16.4. The molecule has 0 radical (unpaired) electrons. The summed E-state index contributed by atoms with van der Waals surface area (Å²) in [5, 5.41) is 3.69. The summed E-state index contributed by atoms with van der Waals surface area (Å²) in [5.41, 5.74) is 3.48. The van der Waals surface area contributed by atoms with E-state index in [1.165, 1.54) is 16.0 Å². The van der Waals surface area contributed by atoms with Gasteiger partial charge in [0.15, 0.2) is 5.13 Å². The van der Waals surface area contributed by atoms with Crippen molar-refractivity contribution in [3.8, 4) is 0 Å². The molecule has 1 saturated carbocycles. The van der Waals surface area contributed by atoms with Crippen LogP contribution in [-0.4, -0.2) is 40.7 Å². The van der Waals surface area contributed by atoms with Crippen molar-refractivity contribution in [2.24, 2.45) is 0 Å². The summed E-state index contributed by atoms with van der Waals surface area (Å²) >= 11 is 1.57. The van der Waals surface area contributed by atoms with Gasteiger partial charge in [0, 0.05) is 23.9 Å². The smallest absolute Gasteiger partial charge is 0.323 e. The van der Waals surface area contributed by atoms with Crippen molar-refractivity contribution >= 4 is 22.5 Å². The fourth-order valence-electron chi connectivity index (χ4n) is 4.09. The van der Waals surface area contributed by atoms with Crippen molar-refractivity contribution < 1.29 is 9.53 Å². The molecule has 3 heterocycles. The first kappa shape index (κ1) is 17.5. The average molecular weight is 372 g/mol. The minimum atomic E-state index is -0.0917. The van der Waals surface area contributed by atoms with Crippen molar-refractivity contribution in [1.29, 1.82) is 0 Å². The normalized spacial score (nSPS) is 23.8. The molecular weight excluding hydrogens is 346 g/mol. The number of thiazole rings is 1. The molecule has 1 N–H and O–H groups in total. The van der Waals surface area contributed by atoms with Crippen molar-refractivity contribution in [1.82, 2.24) is 9.88 Å². The van der Waals surface area contributed by atoms with Gasteiger partial charge in [0.25, 0.3) is 0 Å². The molecule has 0 atom stereocenters. The number of carbonyl (C=O) groups is 1. The Morgan fingerprint density at radius 3 is 2.88 bits per heavy atom. The molecule has 2 aliphatic heterocycles. The fourth-order valence-corrected chi connectivity index (χ4v) is 5.06. The highest BCUT2D eigenvalue weighted by atomic mass is 32.1. The number of aromatic nitrogens is 1. The summed E-state index contributed by atoms with van der Waals surface area (Å²) in [5.74, 6) is 0. The molecule has 5 rings (SSSR count). The molecule has 1 aliphatic carbocycles. The number of rotatable bonds is 5. The molecular formula is C20H25N3O2S. The van der Waals surface area contributed by atoms with Crippen molar-refractivity contribution in [3.05, 3.63) is 46.0 Å². The average Bonchev–Trinajstić information content (AvgIpc) is 3.22. The Kier molecular flexibility index (Phi) is 4.49. The second kappa shape index (κ2) is 6.67. The Bertz CT molecular complexity index is 826. The van der Waals surface area contributed by atoms with Crippen LogP contribution in [0, 0.1) is 13.8 Å². The van der Waals surface area contributed by atoms with Crippen molar-refractivity contribution in [2.45, 2.75) is 51.7 Å². The van der Waals surface area contributed by atoms with Crippen LogP contribution in [-0.2, 0) is 11.2 Å². The van der Waals surface area contributed by atoms with E-state index in [0.29, 0.717) is 24.3 Å². The van der Waals surface area contributed by atoms with E-state index in [4.69, 9.17) is 4.74 Å². The monoisotopic (exact) mass is 371 g/mol. The Labute approximate surface area is 158 Å². The van der Waals surface area contributed by atoms with Crippen molar-refractivity contribution in [2.75, 3.05) is 18.5 Å². The molecule has 1 aromatic carbocycles. The van der Waals surface area contributed by atoms with Crippen LogP contribution in [0.3, 0.4) is 0 Å². The second-order valence-electron chi connectivity index (χ2n) is 7.37. The standard InChI is InChI=1S/C20H25N3O2S/c1-4-25-20-10-16(11-20)23(12-20)19(24)22-18-21-14(3)17(26-18)9-15-8-6-5-7-13(15)2/h5-8,16H,4,9-12H2,1-3H3,(H,21,22,24). The highest BCUT2D eigenvalue weighted by molar-refractivity contribution is 7.15. The summed E-state index contributed by atoms with van der Waals surface area (Å²) in [6.45, 7) is 7.55. The molecule has 0 spiro atoms.